The van der Waals surface area contributed by atoms with Gasteiger partial charge in [0.15, 0.2) is 0 Å². The van der Waals surface area contributed by atoms with Crippen molar-refractivity contribution in [2.45, 2.75) is 90.8 Å². The fourth-order valence-corrected chi connectivity index (χ4v) is 5.78. The number of hydrogen-bond acceptors (Lipinski definition) is 5. The number of likely N-dealkylation sites (tertiary alicyclic amines) is 1. The van der Waals surface area contributed by atoms with Crippen LogP contribution in [-0.2, 0) is 11.2 Å². The van der Waals surface area contributed by atoms with Crippen molar-refractivity contribution in [1.29, 1.82) is 0 Å². The SMILES string of the molecule is CCCN(CCC)C(=O)c1cc(C)cc(C(=O)N[C@@H](Cc2cc(F)cc(F)c2)[C@@H](O)CN[C@@H]2CCCCN(CCC)C2=O)c1. The average Bonchev–Trinajstić information content (AvgIpc) is 3.15. The number of benzene rings is 2. The lowest BCUT2D eigenvalue weighted by molar-refractivity contribution is -0.133. The molecule has 0 saturated carbocycles. The van der Waals surface area contributed by atoms with E-state index in [1.807, 2.05) is 25.7 Å². The van der Waals surface area contributed by atoms with Gasteiger partial charge in [-0.1, -0.05) is 20.8 Å². The lowest BCUT2D eigenvalue weighted by Gasteiger charge is -2.28. The Balaban J connectivity index is 1.83. The standard InChI is InChI=1S/C34H48F2N4O4/c1-5-11-39(12-6-2)33(43)26-16-23(4)15-25(20-26)32(42)38-30(19-24-17-27(35)21-28(36)18-24)31(41)22-37-29-10-8-9-14-40(13-7-3)34(29)44/h15-18,20-21,29-31,37,41H,5-14,19,22H2,1-4H3,(H,38,42)/t29-,30+,31+/m1/s1. The molecule has 3 rings (SSSR count). The molecule has 1 fully saturated rings. The number of rotatable bonds is 15. The lowest BCUT2D eigenvalue weighted by atomic mass is 9.99. The number of aliphatic hydroxyl groups excluding tert-OH is 1. The Kier molecular flexibility index (Phi) is 13.7. The number of halogens is 2. The predicted molar refractivity (Wildman–Crippen MR) is 168 cm³/mol. The number of aryl methyl sites for hydroxylation is 1. The van der Waals surface area contributed by atoms with E-state index in [0.29, 0.717) is 38.2 Å². The van der Waals surface area contributed by atoms with E-state index in [1.165, 1.54) is 12.1 Å². The molecule has 3 atom stereocenters. The van der Waals surface area contributed by atoms with Gasteiger partial charge in [-0.2, -0.15) is 0 Å². The molecule has 0 unspecified atom stereocenters. The summed E-state index contributed by atoms with van der Waals surface area (Å²) in [5, 5.41) is 17.3. The van der Waals surface area contributed by atoms with Crippen LogP contribution in [0.2, 0.25) is 0 Å². The van der Waals surface area contributed by atoms with Gasteiger partial charge in [-0.15, -0.1) is 0 Å². The minimum Gasteiger partial charge on any atom is -0.390 e. The third-order valence-corrected chi connectivity index (χ3v) is 7.87. The quantitative estimate of drug-likeness (QED) is 0.272. The van der Waals surface area contributed by atoms with Crippen LogP contribution in [0, 0.1) is 18.6 Å². The summed E-state index contributed by atoms with van der Waals surface area (Å²) in [6.45, 7) is 10.4. The number of amides is 3. The molecule has 2 aromatic carbocycles. The van der Waals surface area contributed by atoms with Crippen LogP contribution in [0.25, 0.3) is 0 Å². The van der Waals surface area contributed by atoms with Crippen molar-refractivity contribution in [1.82, 2.24) is 20.4 Å². The molecule has 1 aliphatic heterocycles. The van der Waals surface area contributed by atoms with Gasteiger partial charge in [0.1, 0.15) is 11.6 Å². The predicted octanol–water partition coefficient (Wildman–Crippen LogP) is 4.62. The van der Waals surface area contributed by atoms with E-state index >= 15 is 0 Å². The monoisotopic (exact) mass is 614 g/mol. The minimum atomic E-state index is -1.18. The maximum atomic E-state index is 14.0. The third kappa shape index (κ3) is 10.1. The fourth-order valence-electron chi connectivity index (χ4n) is 5.78. The molecule has 1 saturated heterocycles. The first-order chi connectivity index (χ1) is 21.1. The van der Waals surface area contributed by atoms with Crippen molar-refractivity contribution < 1.29 is 28.3 Å². The first kappa shape index (κ1) is 35.1. The molecule has 2 aromatic rings. The third-order valence-electron chi connectivity index (χ3n) is 7.87. The van der Waals surface area contributed by atoms with Crippen LogP contribution in [-0.4, -0.2) is 83.5 Å². The summed E-state index contributed by atoms with van der Waals surface area (Å²) in [5.41, 5.74) is 1.63. The maximum Gasteiger partial charge on any atom is 0.253 e. The van der Waals surface area contributed by atoms with E-state index in [0.717, 1.165) is 43.7 Å². The molecular formula is C34H48F2N4O4. The van der Waals surface area contributed by atoms with Gasteiger partial charge >= 0.3 is 0 Å². The molecule has 3 amide bonds. The number of carbonyl (C=O) groups excluding carboxylic acids is 3. The van der Waals surface area contributed by atoms with E-state index in [2.05, 4.69) is 10.6 Å². The van der Waals surface area contributed by atoms with E-state index in [1.54, 1.807) is 30.0 Å². The molecule has 0 radical (unpaired) electrons. The van der Waals surface area contributed by atoms with Crippen molar-refractivity contribution in [2.24, 2.45) is 0 Å². The molecular weight excluding hydrogens is 566 g/mol. The van der Waals surface area contributed by atoms with Crippen molar-refractivity contribution in [3.05, 3.63) is 70.3 Å². The van der Waals surface area contributed by atoms with E-state index < -0.39 is 35.7 Å². The average molecular weight is 615 g/mol. The second kappa shape index (κ2) is 17.2. The molecule has 0 aliphatic carbocycles. The highest BCUT2D eigenvalue weighted by Crippen LogP contribution is 2.17. The first-order valence-electron chi connectivity index (χ1n) is 15.9. The molecule has 10 heteroatoms. The molecule has 1 aliphatic rings. The second-order valence-corrected chi connectivity index (χ2v) is 11.8. The zero-order chi connectivity index (χ0) is 32.2. The summed E-state index contributed by atoms with van der Waals surface area (Å²) in [4.78, 5) is 43.6. The maximum absolute atomic E-state index is 14.0. The molecule has 0 bridgehead atoms. The van der Waals surface area contributed by atoms with Gasteiger partial charge in [0.25, 0.3) is 11.8 Å². The first-order valence-corrected chi connectivity index (χ1v) is 15.9. The smallest absolute Gasteiger partial charge is 0.253 e. The highest BCUT2D eigenvalue weighted by atomic mass is 19.1. The molecule has 1 heterocycles. The minimum absolute atomic E-state index is 0.0125. The van der Waals surface area contributed by atoms with Crippen LogP contribution in [0.4, 0.5) is 8.78 Å². The highest BCUT2D eigenvalue weighted by molar-refractivity contribution is 6.00. The molecule has 0 spiro atoms. The Labute approximate surface area is 260 Å². The van der Waals surface area contributed by atoms with Crippen LogP contribution in [0.15, 0.2) is 36.4 Å². The summed E-state index contributed by atoms with van der Waals surface area (Å²) >= 11 is 0. The Bertz CT molecular complexity index is 1250. The summed E-state index contributed by atoms with van der Waals surface area (Å²) in [6.07, 6.45) is 3.63. The zero-order valence-electron chi connectivity index (χ0n) is 26.5. The van der Waals surface area contributed by atoms with Crippen LogP contribution in [0.1, 0.15) is 91.1 Å². The second-order valence-electron chi connectivity index (χ2n) is 11.8. The van der Waals surface area contributed by atoms with Crippen molar-refractivity contribution in [3.63, 3.8) is 0 Å². The number of nitrogens with zero attached hydrogens (tertiary/aromatic N) is 2. The van der Waals surface area contributed by atoms with E-state index in [9.17, 15) is 28.3 Å². The van der Waals surface area contributed by atoms with Crippen LogP contribution in [0.3, 0.4) is 0 Å². The van der Waals surface area contributed by atoms with E-state index in [4.69, 9.17) is 0 Å². The number of hydrogen-bond donors (Lipinski definition) is 3. The normalized spacial score (nSPS) is 16.8. The van der Waals surface area contributed by atoms with Gasteiger partial charge < -0.3 is 25.5 Å². The largest absolute Gasteiger partial charge is 0.390 e. The van der Waals surface area contributed by atoms with Gasteiger partial charge in [0, 0.05) is 49.9 Å². The summed E-state index contributed by atoms with van der Waals surface area (Å²) in [5.74, 6) is -2.22. The lowest BCUT2D eigenvalue weighted by Crippen LogP contribution is -2.52. The van der Waals surface area contributed by atoms with Crippen LogP contribution >= 0.6 is 0 Å². The van der Waals surface area contributed by atoms with Gasteiger partial charge in [0.05, 0.1) is 18.2 Å². The Morgan fingerprint density at radius 3 is 2.27 bits per heavy atom. The molecule has 0 aromatic heterocycles. The number of nitrogens with one attached hydrogen (secondary N) is 2. The summed E-state index contributed by atoms with van der Waals surface area (Å²) < 4.78 is 28.1. The molecule has 44 heavy (non-hydrogen) atoms. The van der Waals surface area contributed by atoms with Crippen LogP contribution in [0.5, 0.6) is 0 Å². The Morgan fingerprint density at radius 2 is 1.64 bits per heavy atom. The van der Waals surface area contributed by atoms with Crippen molar-refractivity contribution in [3.8, 4) is 0 Å². The van der Waals surface area contributed by atoms with E-state index in [-0.39, 0.29) is 35.9 Å². The van der Waals surface area contributed by atoms with Crippen LogP contribution < -0.4 is 10.6 Å². The number of carbonyl (C=O) groups is 3. The molecule has 242 valence electrons. The summed E-state index contributed by atoms with van der Waals surface area (Å²) in [6, 6.07) is 6.63. The van der Waals surface area contributed by atoms with Gasteiger partial charge in [-0.05, 0) is 93.3 Å². The zero-order valence-corrected chi connectivity index (χ0v) is 26.5. The fraction of sp³-hybridized carbons (Fsp3) is 0.559. The Hall–Kier alpha value is -3.37. The van der Waals surface area contributed by atoms with Gasteiger partial charge in [-0.25, -0.2) is 8.78 Å². The number of aliphatic hydroxyl groups is 1. The summed E-state index contributed by atoms with van der Waals surface area (Å²) in [7, 11) is 0. The van der Waals surface area contributed by atoms with Gasteiger partial charge in [0.2, 0.25) is 5.91 Å². The highest BCUT2D eigenvalue weighted by Gasteiger charge is 2.29. The Morgan fingerprint density at radius 1 is 0.977 bits per heavy atom. The topological polar surface area (TPSA) is 102 Å². The van der Waals surface area contributed by atoms with Gasteiger partial charge in [-0.3, -0.25) is 14.4 Å². The molecule has 8 nitrogen and oxygen atoms in total. The van der Waals surface area contributed by atoms with Crippen molar-refractivity contribution in [2.75, 3.05) is 32.7 Å². The molecule has 3 N–H and O–H groups in total. The van der Waals surface area contributed by atoms with Crippen molar-refractivity contribution >= 4 is 17.7 Å².